The van der Waals surface area contributed by atoms with Crippen LogP contribution < -0.4 is 4.72 Å². The first kappa shape index (κ1) is 19.1. The molecule has 120 valence electrons. The van der Waals surface area contributed by atoms with E-state index >= 15 is 0 Å². The van der Waals surface area contributed by atoms with Crippen LogP contribution in [0.25, 0.3) is 0 Å². The summed E-state index contributed by atoms with van der Waals surface area (Å²) in [5.41, 5.74) is 0. The number of esters is 1. The summed E-state index contributed by atoms with van der Waals surface area (Å²) in [6.45, 7) is 3.89. The Morgan fingerprint density at radius 1 is 1.43 bits per heavy atom. The van der Waals surface area contributed by atoms with Gasteiger partial charge in [-0.25, -0.2) is 8.42 Å². The summed E-state index contributed by atoms with van der Waals surface area (Å²) < 4.78 is 33.5. The number of halogens is 2. The van der Waals surface area contributed by atoms with Crippen molar-refractivity contribution in [2.24, 2.45) is 0 Å². The highest BCUT2D eigenvalue weighted by atomic mass is 79.9. The number of thiophene rings is 1. The number of nitrogens with one attached hydrogen (secondary N) is 1. The van der Waals surface area contributed by atoms with Gasteiger partial charge in [-0.05, 0) is 51.3 Å². The van der Waals surface area contributed by atoms with Crippen molar-refractivity contribution in [3.05, 3.63) is 14.3 Å². The number of rotatable bonds is 8. The van der Waals surface area contributed by atoms with Gasteiger partial charge in [-0.1, -0.05) is 19.8 Å². The van der Waals surface area contributed by atoms with Gasteiger partial charge in [0.2, 0.25) is 0 Å². The molecule has 0 saturated heterocycles. The van der Waals surface area contributed by atoms with E-state index in [1.807, 2.05) is 6.92 Å². The zero-order chi connectivity index (χ0) is 16.0. The molecule has 1 N–H and O–H groups in total. The zero-order valence-electron chi connectivity index (χ0n) is 11.7. The van der Waals surface area contributed by atoms with E-state index in [2.05, 4.69) is 36.6 Å². The lowest BCUT2D eigenvalue weighted by molar-refractivity contribution is -0.145. The third-order valence-electron chi connectivity index (χ3n) is 2.60. The van der Waals surface area contributed by atoms with Gasteiger partial charge in [-0.15, -0.1) is 11.3 Å². The summed E-state index contributed by atoms with van der Waals surface area (Å²) in [4.78, 5) is 11.9. The summed E-state index contributed by atoms with van der Waals surface area (Å²) in [5.74, 6) is -0.538. The lowest BCUT2D eigenvalue weighted by Gasteiger charge is -2.16. The number of hydrogen-bond donors (Lipinski definition) is 1. The fourth-order valence-corrected chi connectivity index (χ4v) is 5.64. The Bertz CT molecular complexity index is 567. The Kier molecular flexibility index (Phi) is 7.83. The average Bonchev–Trinajstić information content (AvgIpc) is 2.75. The zero-order valence-corrected chi connectivity index (χ0v) is 16.5. The second-order valence-corrected chi connectivity index (χ2v) is 9.42. The number of unbranched alkanes of at least 4 members (excludes halogenated alkanes) is 1. The van der Waals surface area contributed by atoms with Gasteiger partial charge in [0.1, 0.15) is 10.3 Å². The van der Waals surface area contributed by atoms with Gasteiger partial charge in [0.15, 0.2) is 0 Å². The molecular formula is C12H17Br2NO4S2. The maximum atomic E-state index is 12.3. The van der Waals surface area contributed by atoms with Crippen LogP contribution in [-0.2, 0) is 19.6 Å². The third kappa shape index (κ3) is 5.63. The normalized spacial score (nSPS) is 13.1. The van der Waals surface area contributed by atoms with Gasteiger partial charge in [0.05, 0.1) is 10.4 Å². The molecule has 0 aromatic carbocycles. The summed E-state index contributed by atoms with van der Waals surface area (Å²) in [5, 5.41) is 0. The standard InChI is InChI=1S/C12H17Br2NO4S2/c1-3-5-6-9(12(16)19-4-2)15-21(17,18)10-7-8(13)11(14)20-10/h7,9,15H,3-6H2,1-2H3. The molecule has 9 heteroatoms. The lowest BCUT2D eigenvalue weighted by atomic mass is 10.1. The average molecular weight is 463 g/mol. The van der Waals surface area contributed by atoms with E-state index in [0.29, 0.717) is 14.7 Å². The van der Waals surface area contributed by atoms with Gasteiger partial charge in [0, 0.05) is 4.47 Å². The molecule has 1 unspecified atom stereocenters. The Balaban J connectivity index is 2.92. The topological polar surface area (TPSA) is 72.5 Å². The van der Waals surface area contributed by atoms with E-state index in [-0.39, 0.29) is 10.8 Å². The summed E-state index contributed by atoms with van der Waals surface area (Å²) in [6, 6.07) is 0.647. The molecule has 0 aliphatic heterocycles. The van der Waals surface area contributed by atoms with Crippen LogP contribution in [0.4, 0.5) is 0 Å². The molecule has 21 heavy (non-hydrogen) atoms. The maximum absolute atomic E-state index is 12.3. The summed E-state index contributed by atoms with van der Waals surface area (Å²) in [7, 11) is -3.75. The van der Waals surface area contributed by atoms with Gasteiger partial charge in [-0.2, -0.15) is 4.72 Å². The smallest absolute Gasteiger partial charge is 0.324 e. The van der Waals surface area contributed by atoms with E-state index < -0.39 is 22.0 Å². The van der Waals surface area contributed by atoms with Crippen LogP contribution in [-0.4, -0.2) is 27.0 Å². The van der Waals surface area contributed by atoms with Crippen molar-refractivity contribution in [3.63, 3.8) is 0 Å². The SMILES string of the molecule is CCCCC(NS(=O)(=O)c1cc(Br)c(Br)s1)C(=O)OCC. The van der Waals surface area contributed by atoms with Crippen molar-refractivity contribution in [2.75, 3.05) is 6.61 Å². The second kappa shape index (κ2) is 8.61. The first-order valence-electron chi connectivity index (χ1n) is 6.45. The quantitative estimate of drug-likeness (QED) is 0.598. The van der Waals surface area contributed by atoms with Crippen molar-refractivity contribution in [1.29, 1.82) is 0 Å². The third-order valence-corrected chi connectivity index (χ3v) is 7.80. The molecule has 0 fully saturated rings. The number of sulfonamides is 1. The van der Waals surface area contributed by atoms with Gasteiger partial charge in [-0.3, -0.25) is 4.79 Å². The number of carbonyl (C=O) groups excluding carboxylic acids is 1. The molecule has 0 spiro atoms. The monoisotopic (exact) mass is 461 g/mol. The molecule has 5 nitrogen and oxygen atoms in total. The minimum Gasteiger partial charge on any atom is -0.465 e. The molecule has 0 aliphatic carbocycles. The summed E-state index contributed by atoms with van der Waals surface area (Å²) in [6.07, 6.45) is 2.03. The van der Waals surface area contributed by atoms with Crippen molar-refractivity contribution >= 4 is 59.2 Å². The van der Waals surface area contributed by atoms with Gasteiger partial charge in [0.25, 0.3) is 10.0 Å². The predicted molar refractivity (Wildman–Crippen MR) is 90.0 cm³/mol. The van der Waals surface area contributed by atoms with E-state index in [1.54, 1.807) is 6.92 Å². The van der Waals surface area contributed by atoms with Crippen LogP contribution in [0, 0.1) is 0 Å². The van der Waals surface area contributed by atoms with Crippen LogP contribution in [0.5, 0.6) is 0 Å². The van der Waals surface area contributed by atoms with Crippen molar-refractivity contribution in [2.45, 2.75) is 43.4 Å². The molecule has 0 aliphatic rings. The molecule has 1 rings (SSSR count). The lowest BCUT2D eigenvalue weighted by Crippen LogP contribution is -2.41. The molecule has 0 radical (unpaired) electrons. The summed E-state index contributed by atoms with van der Waals surface area (Å²) >= 11 is 7.59. The predicted octanol–water partition coefficient (Wildman–Crippen LogP) is 3.67. The number of hydrogen-bond acceptors (Lipinski definition) is 5. The van der Waals surface area contributed by atoms with Crippen LogP contribution in [0.15, 0.2) is 18.5 Å². The number of carbonyl (C=O) groups is 1. The first-order chi connectivity index (χ1) is 9.81. The minimum absolute atomic E-state index is 0.145. The molecule has 1 aromatic rings. The largest absolute Gasteiger partial charge is 0.465 e. The van der Waals surface area contributed by atoms with Crippen LogP contribution in [0.1, 0.15) is 33.1 Å². The highest BCUT2D eigenvalue weighted by molar-refractivity contribution is 9.13. The fourth-order valence-electron chi connectivity index (χ4n) is 1.58. The highest BCUT2D eigenvalue weighted by Crippen LogP contribution is 2.34. The van der Waals surface area contributed by atoms with Crippen molar-refractivity contribution in [1.82, 2.24) is 4.72 Å². The van der Waals surface area contributed by atoms with Crippen LogP contribution in [0.3, 0.4) is 0 Å². The fraction of sp³-hybridized carbons (Fsp3) is 0.583. The van der Waals surface area contributed by atoms with E-state index in [0.717, 1.165) is 24.2 Å². The highest BCUT2D eigenvalue weighted by Gasteiger charge is 2.28. The van der Waals surface area contributed by atoms with Crippen molar-refractivity contribution in [3.8, 4) is 0 Å². The second-order valence-electron chi connectivity index (χ2n) is 4.26. The molecule has 1 heterocycles. The molecule has 1 aromatic heterocycles. The molecule has 1 atom stereocenters. The molecular weight excluding hydrogens is 446 g/mol. The van der Waals surface area contributed by atoms with Crippen LogP contribution >= 0.6 is 43.2 Å². The Morgan fingerprint density at radius 3 is 2.57 bits per heavy atom. The first-order valence-corrected chi connectivity index (χ1v) is 10.3. The Hall–Kier alpha value is 0.0400. The maximum Gasteiger partial charge on any atom is 0.324 e. The minimum atomic E-state index is -3.75. The van der Waals surface area contributed by atoms with E-state index in [4.69, 9.17) is 4.74 Å². The van der Waals surface area contributed by atoms with Crippen molar-refractivity contribution < 1.29 is 17.9 Å². The molecule has 0 saturated carbocycles. The molecule has 0 amide bonds. The Labute approximate surface area is 145 Å². The number of ether oxygens (including phenoxy) is 1. The van der Waals surface area contributed by atoms with Gasteiger partial charge < -0.3 is 4.74 Å². The molecule has 0 bridgehead atoms. The van der Waals surface area contributed by atoms with E-state index in [1.165, 1.54) is 6.07 Å². The Morgan fingerprint density at radius 2 is 2.10 bits per heavy atom. The van der Waals surface area contributed by atoms with Gasteiger partial charge >= 0.3 is 5.97 Å². The van der Waals surface area contributed by atoms with Crippen LogP contribution in [0.2, 0.25) is 0 Å². The van der Waals surface area contributed by atoms with E-state index in [9.17, 15) is 13.2 Å².